The van der Waals surface area contributed by atoms with Gasteiger partial charge >= 0.3 is 0 Å². The average Bonchev–Trinajstić information content (AvgIpc) is 2.52. The van der Waals surface area contributed by atoms with Gasteiger partial charge in [0.2, 0.25) is 0 Å². The number of hydrogen-bond acceptors (Lipinski definition) is 2. The summed E-state index contributed by atoms with van der Waals surface area (Å²) in [5.74, 6) is 2.30. The van der Waals surface area contributed by atoms with Crippen molar-refractivity contribution in [1.29, 1.82) is 0 Å². The van der Waals surface area contributed by atoms with Crippen LogP contribution in [0.2, 0.25) is 0 Å². The number of hydrogen-bond donors (Lipinski definition) is 0. The molecule has 0 bridgehead atoms. The van der Waals surface area contributed by atoms with Gasteiger partial charge in [-0.15, -0.1) is 0 Å². The maximum Gasteiger partial charge on any atom is 0.127 e. The van der Waals surface area contributed by atoms with Crippen LogP contribution in [0.5, 0.6) is 11.5 Å². The summed E-state index contributed by atoms with van der Waals surface area (Å²) in [6.45, 7) is 7.26. The third kappa shape index (κ3) is 3.78. The van der Waals surface area contributed by atoms with Crippen molar-refractivity contribution in [3.8, 4) is 22.6 Å². The molecule has 2 rings (SSSR count). The Bertz CT molecular complexity index is 588. The molecular formula is C19H24O2. The van der Waals surface area contributed by atoms with Gasteiger partial charge in [-0.1, -0.05) is 39.0 Å². The average molecular weight is 284 g/mol. The van der Waals surface area contributed by atoms with E-state index in [1.54, 1.807) is 7.11 Å². The fraction of sp³-hybridized carbons (Fsp3) is 0.368. The first-order valence-corrected chi connectivity index (χ1v) is 7.57. The zero-order valence-corrected chi connectivity index (χ0v) is 13.3. The summed E-state index contributed by atoms with van der Waals surface area (Å²) in [5.41, 5.74) is 3.58. The Morgan fingerprint density at radius 2 is 1.86 bits per heavy atom. The molecule has 0 amide bonds. The molecule has 0 aromatic heterocycles. The first-order valence-electron chi connectivity index (χ1n) is 7.57. The Morgan fingerprint density at radius 3 is 2.52 bits per heavy atom. The van der Waals surface area contributed by atoms with E-state index < -0.39 is 0 Å². The summed E-state index contributed by atoms with van der Waals surface area (Å²) in [6, 6.07) is 14.6. The van der Waals surface area contributed by atoms with E-state index in [4.69, 9.17) is 9.47 Å². The van der Waals surface area contributed by atoms with Gasteiger partial charge in [-0.25, -0.2) is 0 Å². The fourth-order valence-electron chi connectivity index (χ4n) is 2.26. The minimum atomic E-state index is 0.495. The molecule has 0 aliphatic rings. The van der Waals surface area contributed by atoms with E-state index in [0.717, 1.165) is 35.7 Å². The second-order valence-electron chi connectivity index (χ2n) is 5.49. The molecule has 0 heterocycles. The molecule has 0 saturated carbocycles. The van der Waals surface area contributed by atoms with Crippen molar-refractivity contribution >= 4 is 0 Å². The normalized spacial score (nSPS) is 10.7. The van der Waals surface area contributed by atoms with Crippen LogP contribution in [-0.2, 0) is 0 Å². The van der Waals surface area contributed by atoms with Gasteiger partial charge in [-0.2, -0.15) is 0 Å². The summed E-state index contributed by atoms with van der Waals surface area (Å²) in [5, 5.41) is 0. The van der Waals surface area contributed by atoms with Crippen molar-refractivity contribution in [2.75, 3.05) is 13.7 Å². The van der Waals surface area contributed by atoms with Crippen LogP contribution >= 0.6 is 0 Å². The minimum absolute atomic E-state index is 0.495. The van der Waals surface area contributed by atoms with E-state index in [9.17, 15) is 0 Å². The van der Waals surface area contributed by atoms with Crippen LogP contribution in [0.15, 0.2) is 42.5 Å². The highest BCUT2D eigenvalue weighted by Gasteiger charge is 2.10. The Morgan fingerprint density at radius 1 is 1.05 bits per heavy atom. The smallest absolute Gasteiger partial charge is 0.127 e. The van der Waals surface area contributed by atoms with E-state index in [1.807, 2.05) is 12.1 Å². The van der Waals surface area contributed by atoms with Crippen LogP contribution in [0.25, 0.3) is 11.1 Å². The molecule has 112 valence electrons. The zero-order chi connectivity index (χ0) is 15.2. The van der Waals surface area contributed by atoms with Crippen molar-refractivity contribution in [1.82, 2.24) is 0 Å². The predicted octanol–water partition coefficient (Wildman–Crippen LogP) is 5.27. The number of methoxy groups -OCH3 is 1. The lowest BCUT2D eigenvalue weighted by molar-refractivity contribution is 0.318. The zero-order valence-electron chi connectivity index (χ0n) is 13.3. The molecule has 2 aromatic rings. The molecule has 2 aromatic carbocycles. The Kier molecular flexibility index (Phi) is 5.26. The lowest BCUT2D eigenvalue weighted by Crippen LogP contribution is -1.98. The predicted molar refractivity (Wildman–Crippen MR) is 88.3 cm³/mol. The van der Waals surface area contributed by atoms with Gasteiger partial charge in [0, 0.05) is 5.56 Å². The van der Waals surface area contributed by atoms with Gasteiger partial charge in [0.1, 0.15) is 11.5 Å². The third-order valence-corrected chi connectivity index (χ3v) is 3.51. The Hall–Kier alpha value is -1.96. The molecule has 2 nitrogen and oxygen atoms in total. The molecule has 0 N–H and O–H groups in total. The highest BCUT2D eigenvalue weighted by molar-refractivity contribution is 5.72. The molecule has 0 unspecified atom stereocenters. The van der Waals surface area contributed by atoms with Gasteiger partial charge in [0.15, 0.2) is 0 Å². The van der Waals surface area contributed by atoms with Crippen molar-refractivity contribution < 1.29 is 9.47 Å². The first-order chi connectivity index (χ1) is 10.2. The van der Waals surface area contributed by atoms with Crippen LogP contribution in [0.3, 0.4) is 0 Å². The molecule has 0 atom stereocenters. The van der Waals surface area contributed by atoms with Gasteiger partial charge in [-0.05, 0) is 47.7 Å². The molecule has 21 heavy (non-hydrogen) atoms. The standard InChI is InChI=1S/C19H24O2/c1-5-11-21-19-10-9-15(14(2)3)13-18(19)16-7-6-8-17(12-16)20-4/h6-10,12-14H,5,11H2,1-4H3. The SMILES string of the molecule is CCCOc1ccc(C(C)C)cc1-c1cccc(OC)c1. The molecule has 0 aliphatic heterocycles. The van der Waals surface area contributed by atoms with Crippen molar-refractivity contribution in [2.45, 2.75) is 33.1 Å². The van der Waals surface area contributed by atoms with E-state index in [0.29, 0.717) is 5.92 Å². The summed E-state index contributed by atoms with van der Waals surface area (Å²) in [4.78, 5) is 0. The van der Waals surface area contributed by atoms with E-state index in [1.165, 1.54) is 5.56 Å². The lowest BCUT2D eigenvalue weighted by atomic mass is 9.96. The lowest BCUT2D eigenvalue weighted by Gasteiger charge is -2.15. The Labute approximate surface area is 127 Å². The third-order valence-electron chi connectivity index (χ3n) is 3.51. The summed E-state index contributed by atoms with van der Waals surface area (Å²) in [7, 11) is 1.69. The van der Waals surface area contributed by atoms with Crippen molar-refractivity contribution in [3.05, 3.63) is 48.0 Å². The second kappa shape index (κ2) is 7.16. The van der Waals surface area contributed by atoms with Crippen molar-refractivity contribution in [2.24, 2.45) is 0 Å². The van der Waals surface area contributed by atoms with Crippen LogP contribution < -0.4 is 9.47 Å². The minimum Gasteiger partial charge on any atom is -0.497 e. The second-order valence-corrected chi connectivity index (χ2v) is 5.49. The van der Waals surface area contributed by atoms with E-state index in [-0.39, 0.29) is 0 Å². The highest BCUT2D eigenvalue weighted by atomic mass is 16.5. The maximum atomic E-state index is 5.91. The van der Waals surface area contributed by atoms with E-state index >= 15 is 0 Å². The quantitative estimate of drug-likeness (QED) is 0.719. The number of rotatable bonds is 6. The van der Waals surface area contributed by atoms with Gasteiger partial charge in [0.05, 0.1) is 13.7 Å². The number of ether oxygens (including phenoxy) is 2. The van der Waals surface area contributed by atoms with Crippen LogP contribution in [-0.4, -0.2) is 13.7 Å². The first kappa shape index (κ1) is 15.4. The molecule has 0 aliphatic carbocycles. The van der Waals surface area contributed by atoms with Gasteiger partial charge in [0.25, 0.3) is 0 Å². The molecule has 0 fully saturated rings. The van der Waals surface area contributed by atoms with Crippen LogP contribution in [0.4, 0.5) is 0 Å². The molecule has 0 radical (unpaired) electrons. The van der Waals surface area contributed by atoms with Crippen LogP contribution in [0, 0.1) is 0 Å². The summed E-state index contributed by atoms with van der Waals surface area (Å²) in [6.07, 6.45) is 1.00. The molecule has 2 heteroatoms. The topological polar surface area (TPSA) is 18.5 Å². The van der Waals surface area contributed by atoms with Crippen LogP contribution in [0.1, 0.15) is 38.7 Å². The highest BCUT2D eigenvalue weighted by Crippen LogP contribution is 2.34. The van der Waals surface area contributed by atoms with Crippen molar-refractivity contribution in [3.63, 3.8) is 0 Å². The molecule has 0 spiro atoms. The molecular weight excluding hydrogens is 260 g/mol. The summed E-state index contributed by atoms with van der Waals surface area (Å²) < 4.78 is 11.2. The fourth-order valence-corrected chi connectivity index (χ4v) is 2.26. The van der Waals surface area contributed by atoms with Gasteiger partial charge in [-0.3, -0.25) is 0 Å². The Balaban J connectivity index is 2.48. The monoisotopic (exact) mass is 284 g/mol. The maximum absolute atomic E-state index is 5.91. The van der Waals surface area contributed by atoms with Gasteiger partial charge < -0.3 is 9.47 Å². The summed E-state index contributed by atoms with van der Waals surface area (Å²) >= 11 is 0. The number of benzene rings is 2. The largest absolute Gasteiger partial charge is 0.497 e. The van der Waals surface area contributed by atoms with E-state index in [2.05, 4.69) is 51.1 Å². The molecule has 0 saturated heterocycles.